The van der Waals surface area contributed by atoms with Crippen molar-refractivity contribution in [3.8, 4) is 0 Å². The zero-order valence-corrected chi connectivity index (χ0v) is 11.1. The van der Waals surface area contributed by atoms with E-state index in [9.17, 15) is 4.79 Å². The van der Waals surface area contributed by atoms with Gasteiger partial charge in [-0.05, 0) is 24.6 Å². The van der Waals surface area contributed by atoms with Crippen LogP contribution in [0.1, 0.15) is 23.7 Å². The van der Waals surface area contributed by atoms with Crippen molar-refractivity contribution in [1.29, 1.82) is 0 Å². The van der Waals surface area contributed by atoms with Gasteiger partial charge in [-0.1, -0.05) is 6.92 Å². The van der Waals surface area contributed by atoms with Crippen LogP contribution in [-0.2, 0) is 4.74 Å². The lowest BCUT2D eigenvalue weighted by atomic mass is 10.1. The summed E-state index contributed by atoms with van der Waals surface area (Å²) in [6.45, 7) is 2.64. The number of carbonyl (C=O) groups excluding carboxylic acids is 1. The average Bonchev–Trinajstić information content (AvgIpc) is 2.37. The van der Waals surface area contributed by atoms with Gasteiger partial charge in [-0.15, -0.1) is 0 Å². The first kappa shape index (κ1) is 14.3. The number of methoxy groups -OCH3 is 1. The molecule has 1 amide bonds. The van der Waals surface area contributed by atoms with Gasteiger partial charge >= 0.3 is 0 Å². The second-order valence-electron chi connectivity index (χ2n) is 4.09. The van der Waals surface area contributed by atoms with E-state index in [0.717, 1.165) is 12.1 Å². The molecule has 5 heteroatoms. The summed E-state index contributed by atoms with van der Waals surface area (Å²) < 4.78 is 5.13. The van der Waals surface area contributed by atoms with E-state index in [1.165, 1.54) is 0 Å². The van der Waals surface area contributed by atoms with Gasteiger partial charge in [0.15, 0.2) is 0 Å². The van der Waals surface area contributed by atoms with Crippen LogP contribution in [0, 0.1) is 0 Å². The number of benzene rings is 1. The molecule has 0 aliphatic carbocycles. The smallest absolute Gasteiger partial charge is 0.253 e. The summed E-state index contributed by atoms with van der Waals surface area (Å²) in [6.07, 6.45) is 0.899. The number of carbonyl (C=O) groups is 1. The summed E-state index contributed by atoms with van der Waals surface area (Å²) in [5.41, 5.74) is 7.70. The van der Waals surface area contributed by atoms with Crippen LogP contribution in [0.25, 0.3) is 0 Å². The zero-order valence-electron chi connectivity index (χ0n) is 11.1. The topological polar surface area (TPSA) is 76.4 Å². The predicted octanol–water partition coefficient (Wildman–Crippen LogP) is 1.47. The number of hydrogen-bond acceptors (Lipinski definition) is 4. The van der Waals surface area contributed by atoms with Gasteiger partial charge in [0.1, 0.15) is 0 Å². The second-order valence-corrected chi connectivity index (χ2v) is 4.09. The highest BCUT2D eigenvalue weighted by Crippen LogP contribution is 2.20. The molecule has 0 bridgehead atoms. The Hall–Kier alpha value is -1.75. The quantitative estimate of drug-likeness (QED) is 0.669. The maximum atomic E-state index is 11.8. The molecule has 1 aromatic rings. The van der Waals surface area contributed by atoms with Crippen LogP contribution in [0.15, 0.2) is 18.2 Å². The first-order chi connectivity index (χ1) is 8.62. The largest absolute Gasteiger partial charge is 0.399 e. The van der Waals surface area contributed by atoms with E-state index in [1.807, 2.05) is 0 Å². The van der Waals surface area contributed by atoms with Crippen LogP contribution in [0.5, 0.6) is 0 Å². The number of nitrogen functional groups attached to an aromatic ring is 1. The van der Waals surface area contributed by atoms with Crippen molar-refractivity contribution in [2.45, 2.75) is 19.4 Å². The van der Waals surface area contributed by atoms with Gasteiger partial charge in [-0.3, -0.25) is 4.79 Å². The third-order valence-corrected chi connectivity index (χ3v) is 2.74. The molecule has 100 valence electrons. The fraction of sp³-hybridized carbons (Fsp3) is 0.462. The lowest BCUT2D eigenvalue weighted by Gasteiger charge is -2.19. The molecule has 5 nitrogen and oxygen atoms in total. The minimum Gasteiger partial charge on any atom is -0.399 e. The van der Waals surface area contributed by atoms with E-state index in [0.29, 0.717) is 17.9 Å². The average molecular weight is 251 g/mol. The number of anilines is 2. The van der Waals surface area contributed by atoms with Crippen LogP contribution >= 0.6 is 0 Å². The van der Waals surface area contributed by atoms with Gasteiger partial charge < -0.3 is 21.1 Å². The third-order valence-electron chi connectivity index (χ3n) is 2.74. The summed E-state index contributed by atoms with van der Waals surface area (Å²) in [5.74, 6) is -0.134. The number of amides is 1. The van der Waals surface area contributed by atoms with Gasteiger partial charge in [0.2, 0.25) is 0 Å². The number of ether oxygens (including phenoxy) is 1. The summed E-state index contributed by atoms with van der Waals surface area (Å²) in [4.78, 5) is 11.8. The molecule has 0 fully saturated rings. The van der Waals surface area contributed by atoms with Crippen molar-refractivity contribution < 1.29 is 9.53 Å². The molecular formula is C13H21N3O2. The van der Waals surface area contributed by atoms with Crippen LogP contribution in [-0.4, -0.2) is 32.7 Å². The molecule has 0 aliphatic rings. The van der Waals surface area contributed by atoms with Crippen LogP contribution in [0.3, 0.4) is 0 Å². The molecule has 0 saturated carbocycles. The molecule has 0 heterocycles. The van der Waals surface area contributed by atoms with Crippen molar-refractivity contribution in [3.05, 3.63) is 23.8 Å². The van der Waals surface area contributed by atoms with E-state index in [-0.39, 0.29) is 11.9 Å². The predicted molar refractivity (Wildman–Crippen MR) is 73.8 cm³/mol. The first-order valence-electron chi connectivity index (χ1n) is 5.99. The lowest BCUT2D eigenvalue weighted by molar-refractivity contribution is 0.0963. The van der Waals surface area contributed by atoms with Crippen molar-refractivity contribution in [3.63, 3.8) is 0 Å². The molecule has 1 aromatic carbocycles. The highest BCUT2D eigenvalue weighted by molar-refractivity contribution is 6.00. The third kappa shape index (κ3) is 3.63. The Balaban J connectivity index is 2.97. The Morgan fingerprint density at radius 1 is 1.50 bits per heavy atom. The zero-order chi connectivity index (χ0) is 13.5. The molecule has 1 unspecified atom stereocenters. The number of hydrogen-bond donors (Lipinski definition) is 3. The Morgan fingerprint density at radius 2 is 2.22 bits per heavy atom. The number of nitrogens with one attached hydrogen (secondary N) is 2. The minimum absolute atomic E-state index is 0.134. The number of nitrogens with two attached hydrogens (primary N) is 1. The highest BCUT2D eigenvalue weighted by Gasteiger charge is 2.13. The molecule has 0 saturated heterocycles. The molecule has 0 spiro atoms. The molecule has 0 aliphatic heterocycles. The van der Waals surface area contributed by atoms with Crippen molar-refractivity contribution >= 4 is 17.3 Å². The maximum Gasteiger partial charge on any atom is 0.253 e. The fourth-order valence-electron chi connectivity index (χ4n) is 1.70. The summed E-state index contributed by atoms with van der Waals surface area (Å²) in [7, 11) is 3.26. The summed E-state index contributed by atoms with van der Waals surface area (Å²) >= 11 is 0. The van der Waals surface area contributed by atoms with Crippen molar-refractivity contribution in [1.82, 2.24) is 5.32 Å². The Labute approximate surface area is 108 Å². The highest BCUT2D eigenvalue weighted by atomic mass is 16.5. The van der Waals surface area contributed by atoms with Gasteiger partial charge in [-0.2, -0.15) is 0 Å². The Bertz CT molecular complexity index is 407. The number of rotatable bonds is 6. The minimum atomic E-state index is -0.134. The SMILES string of the molecule is CCC(COC)Nc1cc(N)ccc1C(=O)NC. The molecule has 0 radical (unpaired) electrons. The van der Waals surface area contributed by atoms with Crippen molar-refractivity contribution in [2.75, 3.05) is 31.8 Å². The molecule has 18 heavy (non-hydrogen) atoms. The fourth-order valence-corrected chi connectivity index (χ4v) is 1.70. The van der Waals surface area contributed by atoms with Crippen LogP contribution < -0.4 is 16.4 Å². The Kier molecular flexibility index (Phi) is 5.45. The molecule has 1 atom stereocenters. The van der Waals surface area contributed by atoms with Gasteiger partial charge in [0.25, 0.3) is 5.91 Å². The van der Waals surface area contributed by atoms with Gasteiger partial charge in [0, 0.05) is 31.6 Å². The molecular weight excluding hydrogens is 230 g/mol. The van der Waals surface area contributed by atoms with Gasteiger partial charge in [-0.25, -0.2) is 0 Å². The van der Waals surface area contributed by atoms with Crippen LogP contribution in [0.2, 0.25) is 0 Å². The van der Waals surface area contributed by atoms with E-state index >= 15 is 0 Å². The molecule has 1 rings (SSSR count). The Morgan fingerprint density at radius 3 is 2.78 bits per heavy atom. The summed E-state index contributed by atoms with van der Waals surface area (Å²) in [6, 6.07) is 5.35. The maximum absolute atomic E-state index is 11.8. The standard InChI is InChI=1S/C13H21N3O2/c1-4-10(8-18-3)16-12-7-9(14)5-6-11(12)13(17)15-2/h5-7,10,16H,4,8,14H2,1-3H3,(H,15,17). The van der Waals surface area contributed by atoms with Crippen LogP contribution in [0.4, 0.5) is 11.4 Å². The van der Waals surface area contributed by atoms with E-state index < -0.39 is 0 Å². The van der Waals surface area contributed by atoms with E-state index in [2.05, 4.69) is 17.6 Å². The molecule has 0 aromatic heterocycles. The second kappa shape index (κ2) is 6.86. The summed E-state index contributed by atoms with van der Waals surface area (Å²) in [5, 5.41) is 5.90. The van der Waals surface area contributed by atoms with E-state index in [1.54, 1.807) is 32.4 Å². The lowest BCUT2D eigenvalue weighted by Crippen LogP contribution is -2.27. The first-order valence-corrected chi connectivity index (χ1v) is 5.99. The van der Waals surface area contributed by atoms with Crippen molar-refractivity contribution in [2.24, 2.45) is 0 Å². The van der Waals surface area contributed by atoms with E-state index in [4.69, 9.17) is 10.5 Å². The monoisotopic (exact) mass is 251 g/mol. The molecule has 4 N–H and O–H groups in total. The van der Waals surface area contributed by atoms with Gasteiger partial charge in [0.05, 0.1) is 12.2 Å². The normalized spacial score (nSPS) is 11.9.